The summed E-state index contributed by atoms with van der Waals surface area (Å²) in [4.78, 5) is 95.6. The Morgan fingerprint density at radius 1 is 0.806 bits per heavy atom. The van der Waals surface area contributed by atoms with Crippen LogP contribution in [0, 0.1) is 6.92 Å². The van der Waals surface area contributed by atoms with Gasteiger partial charge in [0.1, 0.15) is 11.9 Å². The first kappa shape index (κ1) is 46.6. The van der Waals surface area contributed by atoms with Crippen LogP contribution in [-0.4, -0.2) is 97.2 Å². The van der Waals surface area contributed by atoms with Crippen LogP contribution in [0.1, 0.15) is 119 Å². The average molecular weight is 903 g/mol. The van der Waals surface area contributed by atoms with E-state index < -0.39 is 11.9 Å². The number of pyridine rings is 1. The lowest BCUT2D eigenvalue weighted by Crippen LogP contribution is -2.52. The smallest absolute Gasteiger partial charge is 0.255 e. The topological polar surface area (TPSA) is 175 Å². The van der Waals surface area contributed by atoms with E-state index in [0.717, 1.165) is 97.5 Å². The summed E-state index contributed by atoms with van der Waals surface area (Å²) in [7, 11) is 0. The summed E-state index contributed by atoms with van der Waals surface area (Å²) in [6, 6.07) is 24.3. The van der Waals surface area contributed by atoms with Crippen molar-refractivity contribution in [2.45, 2.75) is 103 Å². The molecule has 5 amide bonds. The predicted molar refractivity (Wildman–Crippen MR) is 254 cm³/mol. The molecule has 5 heterocycles. The van der Waals surface area contributed by atoms with Gasteiger partial charge in [0.25, 0.3) is 5.91 Å². The molecule has 0 radical (unpaired) electrons. The van der Waals surface area contributed by atoms with Crippen molar-refractivity contribution in [3.8, 4) is 11.3 Å². The van der Waals surface area contributed by atoms with Crippen molar-refractivity contribution in [1.29, 1.82) is 0 Å². The molecule has 5 aromatic rings. The number of carbonyl (C=O) groups is 6. The van der Waals surface area contributed by atoms with Crippen LogP contribution in [0.3, 0.4) is 0 Å². The fourth-order valence-corrected chi connectivity index (χ4v) is 9.19. The largest absolute Gasteiger partial charge is 0.340 e. The van der Waals surface area contributed by atoms with Crippen LogP contribution in [-0.2, 0) is 45.1 Å². The van der Waals surface area contributed by atoms with Gasteiger partial charge in [0.15, 0.2) is 5.78 Å². The van der Waals surface area contributed by atoms with E-state index in [4.69, 9.17) is 4.98 Å². The number of aryl methyl sites for hydroxylation is 1. The van der Waals surface area contributed by atoms with E-state index in [-0.39, 0.29) is 48.8 Å². The molecule has 14 heteroatoms. The van der Waals surface area contributed by atoms with Crippen LogP contribution < -0.4 is 10.6 Å². The maximum absolute atomic E-state index is 13.4. The number of hydrogen-bond acceptors (Lipinski definition) is 10. The Morgan fingerprint density at radius 2 is 1.57 bits per heavy atom. The lowest BCUT2D eigenvalue weighted by molar-refractivity contribution is -0.137. The number of carbonyl (C=O) groups excluding carboxylic acids is 6. The minimum Gasteiger partial charge on any atom is -0.340 e. The Morgan fingerprint density at radius 3 is 2.33 bits per heavy atom. The molecule has 2 saturated heterocycles. The number of ketones is 1. The number of unbranched alkanes of at least 4 members (excludes halogenated alkanes) is 5. The second-order valence-corrected chi connectivity index (χ2v) is 17.9. The Balaban J connectivity index is 0.687. The fourth-order valence-electron chi connectivity index (χ4n) is 9.19. The molecule has 0 aliphatic carbocycles. The summed E-state index contributed by atoms with van der Waals surface area (Å²) >= 11 is 0. The highest BCUT2D eigenvalue weighted by molar-refractivity contribution is 6.07. The molecule has 3 aliphatic rings. The molecule has 8 rings (SSSR count). The highest BCUT2D eigenvalue weighted by Gasteiger charge is 2.40. The zero-order valence-corrected chi connectivity index (χ0v) is 38.2. The van der Waals surface area contributed by atoms with E-state index in [1.807, 2.05) is 53.4 Å². The summed E-state index contributed by atoms with van der Waals surface area (Å²) in [5.74, 6) is -0.189. The third-order valence-electron chi connectivity index (χ3n) is 13.1. The summed E-state index contributed by atoms with van der Waals surface area (Å²) in [5.41, 5.74) is 8.51. The molecular weight excluding hydrogens is 845 g/mol. The number of benzene rings is 3. The van der Waals surface area contributed by atoms with Crippen LogP contribution in [0.4, 0.5) is 5.69 Å². The van der Waals surface area contributed by atoms with Crippen molar-refractivity contribution >= 4 is 41.0 Å². The molecule has 2 aromatic heterocycles. The number of imide groups is 1. The molecule has 0 bridgehead atoms. The Kier molecular flexibility index (Phi) is 15.3. The molecule has 2 N–H and O–H groups in total. The van der Waals surface area contributed by atoms with Gasteiger partial charge < -0.3 is 15.1 Å². The minimum atomic E-state index is -0.706. The van der Waals surface area contributed by atoms with Crippen LogP contribution in [0.5, 0.6) is 0 Å². The van der Waals surface area contributed by atoms with E-state index >= 15 is 0 Å². The number of nitrogens with one attached hydrogen (secondary N) is 2. The van der Waals surface area contributed by atoms with Crippen LogP contribution >= 0.6 is 0 Å². The second-order valence-electron chi connectivity index (χ2n) is 17.9. The van der Waals surface area contributed by atoms with Gasteiger partial charge >= 0.3 is 0 Å². The number of piperazine rings is 1. The zero-order valence-electron chi connectivity index (χ0n) is 38.2. The summed E-state index contributed by atoms with van der Waals surface area (Å²) in [6.07, 6.45) is 13.0. The van der Waals surface area contributed by atoms with Crippen LogP contribution in [0.25, 0.3) is 11.3 Å². The first-order valence-corrected chi connectivity index (χ1v) is 23.6. The van der Waals surface area contributed by atoms with Gasteiger partial charge in [-0.25, -0.2) is 9.97 Å². The molecule has 0 saturated carbocycles. The molecule has 14 nitrogen and oxygen atoms in total. The summed E-state index contributed by atoms with van der Waals surface area (Å²) < 4.78 is 0. The van der Waals surface area contributed by atoms with Crippen molar-refractivity contribution in [2.75, 3.05) is 31.5 Å². The van der Waals surface area contributed by atoms with E-state index in [9.17, 15) is 28.8 Å². The number of rotatable bonds is 19. The van der Waals surface area contributed by atoms with Crippen molar-refractivity contribution in [1.82, 2.24) is 35.0 Å². The number of piperidine rings is 1. The predicted octanol–water partition coefficient (Wildman–Crippen LogP) is 7.03. The van der Waals surface area contributed by atoms with Gasteiger partial charge in [-0.05, 0) is 78.8 Å². The number of anilines is 1. The van der Waals surface area contributed by atoms with Gasteiger partial charge in [-0.2, -0.15) is 0 Å². The number of aromatic nitrogens is 3. The third-order valence-corrected chi connectivity index (χ3v) is 13.1. The zero-order chi connectivity index (χ0) is 46.7. The van der Waals surface area contributed by atoms with Gasteiger partial charge in [0.2, 0.25) is 23.6 Å². The molecular formula is C53H58N8O6. The SMILES string of the molecule is Cc1ccc(CC(=O)c2ccc(CN3CCN(C(=O)CCCCCCCCC(=O)Nc4cccc5c4CN(C4CCC(=O)NC4=O)C5=O)CC3)cc2)cc1Cc1nccc(-c2cccnc2)n1. The van der Waals surface area contributed by atoms with E-state index in [1.54, 1.807) is 36.8 Å². The lowest BCUT2D eigenvalue weighted by atomic mass is 9.97. The maximum atomic E-state index is 13.4. The van der Waals surface area contributed by atoms with Gasteiger partial charge in [-0.15, -0.1) is 0 Å². The monoisotopic (exact) mass is 902 g/mol. The molecule has 67 heavy (non-hydrogen) atoms. The maximum Gasteiger partial charge on any atom is 0.255 e. The normalized spacial score (nSPS) is 16.2. The number of Topliss-reactive ketones (excluding diaryl/α,β-unsaturated/α-hetero) is 1. The van der Waals surface area contributed by atoms with Gasteiger partial charge in [-0.3, -0.25) is 44.0 Å². The molecule has 0 spiro atoms. The quantitative estimate of drug-likeness (QED) is 0.0498. The second kappa shape index (κ2) is 22.0. The van der Waals surface area contributed by atoms with Crippen molar-refractivity contribution in [3.63, 3.8) is 0 Å². The van der Waals surface area contributed by atoms with Crippen molar-refractivity contribution < 1.29 is 28.8 Å². The lowest BCUT2D eigenvalue weighted by Gasteiger charge is -2.35. The van der Waals surface area contributed by atoms with E-state index in [0.29, 0.717) is 61.2 Å². The van der Waals surface area contributed by atoms with Crippen LogP contribution in [0.2, 0.25) is 0 Å². The number of hydrogen-bond donors (Lipinski definition) is 2. The summed E-state index contributed by atoms with van der Waals surface area (Å²) in [5, 5.41) is 5.28. The number of nitrogens with zero attached hydrogens (tertiary/aromatic N) is 6. The molecule has 3 aromatic carbocycles. The highest BCUT2D eigenvalue weighted by Crippen LogP contribution is 2.32. The average Bonchev–Trinajstić information content (AvgIpc) is 3.67. The molecule has 2 fully saturated rings. The Hall–Kier alpha value is -6.93. The molecule has 346 valence electrons. The first-order valence-electron chi connectivity index (χ1n) is 23.6. The van der Waals surface area contributed by atoms with E-state index in [2.05, 4.69) is 44.6 Å². The standard InChI is InChI=1S/C53H58N8O6/c1-36-15-16-38(30-41(36)32-48-55-25-23-44(56-48)40-10-9-24-54-33-40)31-47(62)39-19-17-37(18-20-39)34-59-26-28-60(29-27-59)51(65)14-7-5-3-2-4-6-13-49(63)57-45-12-8-11-42-43(45)35-61(53(42)67)46-21-22-50(64)58-52(46)66/h8-12,15-20,23-25,30,33,46H,2-7,13-14,21-22,26-29,31-32,34-35H2,1H3,(H,57,63)(H,58,64,66). The highest BCUT2D eigenvalue weighted by atomic mass is 16.2. The van der Waals surface area contributed by atoms with Crippen LogP contribution in [0.15, 0.2) is 97.5 Å². The molecule has 3 aliphatic heterocycles. The van der Waals surface area contributed by atoms with E-state index in [1.165, 1.54) is 4.90 Å². The summed E-state index contributed by atoms with van der Waals surface area (Å²) in [6.45, 7) is 6.07. The van der Waals surface area contributed by atoms with Gasteiger partial charge in [-0.1, -0.05) is 74.2 Å². The Labute approximate surface area is 391 Å². The van der Waals surface area contributed by atoms with Gasteiger partial charge in [0.05, 0.1) is 5.69 Å². The minimum absolute atomic E-state index is 0.0699. The number of amides is 5. The van der Waals surface area contributed by atoms with Crippen molar-refractivity contribution in [3.05, 3.63) is 142 Å². The molecule has 1 unspecified atom stereocenters. The third kappa shape index (κ3) is 12.1. The number of fused-ring (bicyclic) bond motifs is 1. The Bertz CT molecular complexity index is 2610. The fraction of sp³-hybridized carbons (Fsp3) is 0.377. The van der Waals surface area contributed by atoms with Crippen molar-refractivity contribution in [2.24, 2.45) is 0 Å². The molecule has 1 atom stereocenters. The first-order chi connectivity index (χ1) is 32.6. The van der Waals surface area contributed by atoms with Gasteiger partial charge in [0, 0.05) is 118 Å².